The molecule has 0 aromatic heterocycles. The average molecular weight is 397 g/mol. The molecule has 0 bridgehead atoms. The number of carbonyl (C=O) groups excluding carboxylic acids is 2. The maximum absolute atomic E-state index is 13.0. The molecule has 0 unspecified atom stereocenters. The van der Waals surface area contributed by atoms with Gasteiger partial charge in [-0.15, -0.1) is 0 Å². The van der Waals surface area contributed by atoms with Crippen LogP contribution < -0.4 is 5.32 Å². The summed E-state index contributed by atoms with van der Waals surface area (Å²) in [6.07, 6.45) is -4.39. The van der Waals surface area contributed by atoms with Crippen LogP contribution in [0.15, 0.2) is 48.5 Å². The second-order valence-corrected chi connectivity index (χ2v) is 6.64. The third-order valence-corrected chi connectivity index (χ3v) is 4.71. The quantitative estimate of drug-likeness (QED) is 0.862. The van der Waals surface area contributed by atoms with Gasteiger partial charge in [-0.2, -0.15) is 13.2 Å². The van der Waals surface area contributed by atoms with E-state index in [0.717, 1.165) is 11.1 Å². The number of halogens is 4. The topological polar surface area (TPSA) is 49.4 Å². The summed E-state index contributed by atoms with van der Waals surface area (Å²) in [4.78, 5) is 26.7. The second-order valence-electron chi connectivity index (χ2n) is 6.23. The predicted molar refractivity (Wildman–Crippen MR) is 94.3 cm³/mol. The third-order valence-electron chi connectivity index (χ3n) is 4.38. The second kappa shape index (κ2) is 7.60. The fourth-order valence-electron chi connectivity index (χ4n) is 3.07. The zero-order valence-electron chi connectivity index (χ0n) is 14.1. The van der Waals surface area contributed by atoms with Gasteiger partial charge in [-0.1, -0.05) is 48.0 Å². The SMILES string of the molecule is O=C(NCC(F)(F)F)[C@@H]1Cc2ccccc2CN1C(=O)c1ccccc1Cl. The first-order valence-electron chi connectivity index (χ1n) is 8.23. The molecular formula is C19H16ClF3N2O2. The van der Waals surface area contributed by atoms with Crippen molar-refractivity contribution in [2.75, 3.05) is 6.54 Å². The molecule has 4 nitrogen and oxygen atoms in total. The lowest BCUT2D eigenvalue weighted by atomic mass is 9.92. The van der Waals surface area contributed by atoms with Crippen LogP contribution in [0.2, 0.25) is 5.02 Å². The monoisotopic (exact) mass is 396 g/mol. The summed E-state index contributed by atoms with van der Waals surface area (Å²) in [5, 5.41) is 2.10. The van der Waals surface area contributed by atoms with Crippen molar-refractivity contribution in [2.24, 2.45) is 0 Å². The number of amides is 2. The molecule has 0 saturated carbocycles. The van der Waals surface area contributed by atoms with Gasteiger partial charge in [0.15, 0.2) is 0 Å². The van der Waals surface area contributed by atoms with E-state index in [1.807, 2.05) is 11.4 Å². The van der Waals surface area contributed by atoms with E-state index in [1.54, 1.807) is 36.4 Å². The number of carbonyl (C=O) groups is 2. The number of alkyl halides is 3. The summed E-state index contributed by atoms with van der Waals surface area (Å²) < 4.78 is 37.4. The third kappa shape index (κ3) is 4.42. The average Bonchev–Trinajstić information content (AvgIpc) is 2.64. The number of hydrogen-bond donors (Lipinski definition) is 1. The van der Waals surface area contributed by atoms with Gasteiger partial charge >= 0.3 is 6.18 Å². The largest absolute Gasteiger partial charge is 0.405 e. The Bertz CT molecular complexity index is 870. The Hall–Kier alpha value is -2.54. The van der Waals surface area contributed by atoms with E-state index in [-0.39, 0.29) is 23.6 Å². The highest BCUT2D eigenvalue weighted by Gasteiger charge is 2.37. The Labute approximate surface area is 158 Å². The molecule has 27 heavy (non-hydrogen) atoms. The molecular weight excluding hydrogens is 381 g/mol. The minimum Gasteiger partial charge on any atom is -0.345 e. The number of nitrogens with one attached hydrogen (secondary N) is 1. The minimum atomic E-state index is -4.53. The smallest absolute Gasteiger partial charge is 0.345 e. The van der Waals surface area contributed by atoms with Crippen molar-refractivity contribution in [1.82, 2.24) is 10.2 Å². The summed E-state index contributed by atoms with van der Waals surface area (Å²) in [7, 11) is 0. The molecule has 1 N–H and O–H groups in total. The van der Waals surface area contributed by atoms with Crippen LogP contribution >= 0.6 is 11.6 Å². The van der Waals surface area contributed by atoms with Crippen molar-refractivity contribution in [3.8, 4) is 0 Å². The molecule has 2 aromatic rings. The first kappa shape index (κ1) is 19.2. The van der Waals surface area contributed by atoms with Crippen LogP contribution in [0.25, 0.3) is 0 Å². The Morgan fingerprint density at radius 3 is 2.37 bits per heavy atom. The normalized spacial score (nSPS) is 16.6. The van der Waals surface area contributed by atoms with Crippen molar-refractivity contribution in [1.29, 1.82) is 0 Å². The highest BCUT2D eigenvalue weighted by molar-refractivity contribution is 6.33. The highest BCUT2D eigenvalue weighted by Crippen LogP contribution is 2.27. The van der Waals surface area contributed by atoms with Crippen LogP contribution in [0.4, 0.5) is 13.2 Å². The van der Waals surface area contributed by atoms with Crippen LogP contribution in [0.3, 0.4) is 0 Å². The summed E-state index contributed by atoms with van der Waals surface area (Å²) in [5.74, 6) is -1.34. The van der Waals surface area contributed by atoms with E-state index in [9.17, 15) is 22.8 Å². The number of rotatable bonds is 3. The van der Waals surface area contributed by atoms with Crippen molar-refractivity contribution >= 4 is 23.4 Å². The molecule has 3 rings (SSSR count). The van der Waals surface area contributed by atoms with E-state index in [1.165, 1.54) is 11.0 Å². The first-order valence-corrected chi connectivity index (χ1v) is 8.61. The summed E-state index contributed by atoms with van der Waals surface area (Å²) in [5.41, 5.74) is 1.87. The lowest BCUT2D eigenvalue weighted by Crippen LogP contribution is -2.53. The van der Waals surface area contributed by atoms with Gasteiger partial charge in [0.25, 0.3) is 5.91 Å². The Balaban J connectivity index is 1.91. The van der Waals surface area contributed by atoms with E-state index < -0.39 is 30.6 Å². The highest BCUT2D eigenvalue weighted by atomic mass is 35.5. The number of benzene rings is 2. The molecule has 1 aliphatic heterocycles. The molecule has 8 heteroatoms. The predicted octanol–water partition coefficient (Wildman–Crippen LogP) is 3.59. The van der Waals surface area contributed by atoms with Crippen molar-refractivity contribution in [3.05, 3.63) is 70.2 Å². The van der Waals surface area contributed by atoms with Crippen LogP contribution in [0.1, 0.15) is 21.5 Å². The van der Waals surface area contributed by atoms with Gasteiger partial charge in [0.1, 0.15) is 12.6 Å². The molecule has 1 atom stereocenters. The molecule has 0 fully saturated rings. The maximum atomic E-state index is 13.0. The zero-order chi connectivity index (χ0) is 19.6. The van der Waals surface area contributed by atoms with Crippen LogP contribution in [0, 0.1) is 0 Å². The van der Waals surface area contributed by atoms with Crippen LogP contribution in [-0.4, -0.2) is 35.5 Å². The molecule has 1 heterocycles. The number of hydrogen-bond acceptors (Lipinski definition) is 2. The molecule has 0 saturated heterocycles. The van der Waals surface area contributed by atoms with Crippen molar-refractivity contribution < 1.29 is 22.8 Å². The number of nitrogens with zero attached hydrogens (tertiary/aromatic N) is 1. The summed E-state index contributed by atoms with van der Waals surface area (Å²) in [6.45, 7) is -1.33. The first-order chi connectivity index (χ1) is 12.8. The zero-order valence-corrected chi connectivity index (χ0v) is 14.8. The lowest BCUT2D eigenvalue weighted by molar-refractivity contribution is -0.141. The van der Waals surface area contributed by atoms with Gasteiger partial charge in [-0.25, -0.2) is 0 Å². The standard InChI is InChI=1S/C19H16ClF3N2O2/c20-15-8-4-3-7-14(15)18(27)25-10-13-6-2-1-5-12(13)9-16(25)17(26)24-11-19(21,22)23/h1-8,16H,9-11H2,(H,24,26)/t16-/m0/s1. The molecule has 1 aliphatic rings. The molecule has 142 valence electrons. The van der Waals surface area contributed by atoms with E-state index >= 15 is 0 Å². The van der Waals surface area contributed by atoms with E-state index in [2.05, 4.69) is 0 Å². The van der Waals surface area contributed by atoms with Gasteiger partial charge in [-0.05, 0) is 23.3 Å². The molecule has 0 radical (unpaired) electrons. The lowest BCUT2D eigenvalue weighted by Gasteiger charge is -2.36. The molecule has 0 aliphatic carbocycles. The molecule has 0 spiro atoms. The molecule has 2 aromatic carbocycles. The van der Waals surface area contributed by atoms with Gasteiger partial charge in [0, 0.05) is 13.0 Å². The van der Waals surface area contributed by atoms with Crippen molar-refractivity contribution in [2.45, 2.75) is 25.2 Å². The Kier molecular flexibility index (Phi) is 5.41. The van der Waals surface area contributed by atoms with Gasteiger partial charge in [0.2, 0.25) is 5.91 Å². The Morgan fingerprint density at radius 2 is 1.70 bits per heavy atom. The van der Waals surface area contributed by atoms with E-state index in [4.69, 9.17) is 11.6 Å². The minimum absolute atomic E-state index is 0.115. The van der Waals surface area contributed by atoms with Crippen LogP contribution in [0.5, 0.6) is 0 Å². The van der Waals surface area contributed by atoms with Gasteiger partial charge < -0.3 is 10.2 Å². The number of fused-ring (bicyclic) bond motifs is 1. The fraction of sp³-hybridized carbons (Fsp3) is 0.263. The fourth-order valence-corrected chi connectivity index (χ4v) is 3.28. The van der Waals surface area contributed by atoms with Gasteiger partial charge in [-0.3, -0.25) is 9.59 Å². The summed E-state index contributed by atoms with van der Waals surface area (Å²) in [6, 6.07) is 12.5. The van der Waals surface area contributed by atoms with Crippen molar-refractivity contribution in [3.63, 3.8) is 0 Å². The maximum Gasteiger partial charge on any atom is 0.405 e. The van der Waals surface area contributed by atoms with E-state index in [0.29, 0.717) is 0 Å². The van der Waals surface area contributed by atoms with Gasteiger partial charge in [0.05, 0.1) is 10.6 Å². The summed E-state index contributed by atoms with van der Waals surface area (Å²) >= 11 is 6.09. The Morgan fingerprint density at radius 1 is 1.07 bits per heavy atom. The molecule has 2 amide bonds. The van der Waals surface area contributed by atoms with Crippen LogP contribution in [-0.2, 0) is 17.8 Å².